The van der Waals surface area contributed by atoms with E-state index in [-0.39, 0.29) is 0 Å². The molecule has 0 atom stereocenters. The van der Waals surface area contributed by atoms with Crippen LogP contribution in [0.25, 0.3) is 22.1 Å². The van der Waals surface area contributed by atoms with Crippen molar-refractivity contribution in [1.82, 2.24) is 20.2 Å². The summed E-state index contributed by atoms with van der Waals surface area (Å²) >= 11 is 0. The third-order valence-electron chi connectivity index (χ3n) is 3.63. The minimum atomic E-state index is 0.320. The fourth-order valence-corrected chi connectivity index (χ4v) is 2.50. The number of aromatic nitrogens is 4. The molecule has 0 radical (unpaired) electrons. The maximum Gasteiger partial charge on any atom is 0.265 e. The Bertz CT molecular complexity index is 1040. The van der Waals surface area contributed by atoms with Crippen molar-refractivity contribution in [1.29, 1.82) is 0 Å². The largest absolute Gasteiger partial charge is 0.496 e. The lowest BCUT2D eigenvalue weighted by Gasteiger charge is -2.02. The van der Waals surface area contributed by atoms with E-state index >= 15 is 0 Å². The second kappa shape index (κ2) is 5.96. The molecule has 0 aliphatic heterocycles. The van der Waals surface area contributed by atoms with Crippen LogP contribution >= 0.6 is 0 Å². The fourth-order valence-electron chi connectivity index (χ4n) is 2.50. The summed E-state index contributed by atoms with van der Waals surface area (Å²) in [6.45, 7) is 0. The van der Waals surface area contributed by atoms with Gasteiger partial charge in [0, 0.05) is 16.5 Å². The summed E-state index contributed by atoms with van der Waals surface area (Å²) in [5.74, 6) is 1.06. The number of H-pyrrole nitrogens is 1. The van der Waals surface area contributed by atoms with Gasteiger partial charge in [-0.2, -0.15) is 10.1 Å². The fraction of sp³-hybridized carbons (Fsp3) is 0.0588. The summed E-state index contributed by atoms with van der Waals surface area (Å²) < 4.78 is 5.27. The van der Waals surface area contributed by atoms with Crippen molar-refractivity contribution in [3.05, 3.63) is 54.1 Å². The van der Waals surface area contributed by atoms with Gasteiger partial charge in [-0.3, -0.25) is 0 Å². The molecule has 4 aromatic rings. The van der Waals surface area contributed by atoms with Gasteiger partial charge in [0.25, 0.3) is 5.95 Å². The molecule has 118 valence electrons. The van der Waals surface area contributed by atoms with Crippen LogP contribution in [0.15, 0.2) is 53.6 Å². The van der Waals surface area contributed by atoms with E-state index in [1.807, 2.05) is 48.5 Å². The third-order valence-corrected chi connectivity index (χ3v) is 3.63. The number of anilines is 1. The van der Waals surface area contributed by atoms with Gasteiger partial charge in [0.05, 0.1) is 13.3 Å². The van der Waals surface area contributed by atoms with E-state index in [1.54, 1.807) is 13.3 Å². The Morgan fingerprint density at radius 1 is 1.08 bits per heavy atom. The van der Waals surface area contributed by atoms with Crippen molar-refractivity contribution in [3.63, 3.8) is 0 Å². The van der Waals surface area contributed by atoms with Crippen molar-refractivity contribution in [2.24, 2.45) is 5.10 Å². The number of rotatable bonds is 4. The highest BCUT2D eigenvalue weighted by Crippen LogP contribution is 2.21. The van der Waals surface area contributed by atoms with Crippen LogP contribution in [0.5, 0.6) is 5.75 Å². The van der Waals surface area contributed by atoms with Crippen LogP contribution < -0.4 is 10.2 Å². The minimum absolute atomic E-state index is 0.320. The number of fused-ring (bicyclic) bond motifs is 3. The molecule has 2 N–H and O–H groups in total. The Hall–Kier alpha value is -3.48. The predicted octanol–water partition coefficient (Wildman–Crippen LogP) is 2.96. The van der Waals surface area contributed by atoms with E-state index < -0.39 is 0 Å². The summed E-state index contributed by atoms with van der Waals surface area (Å²) in [6, 6.07) is 15.5. The van der Waals surface area contributed by atoms with Crippen LogP contribution in [0.3, 0.4) is 0 Å². The molecule has 0 saturated carbocycles. The summed E-state index contributed by atoms with van der Waals surface area (Å²) in [5.41, 5.74) is 6.03. The Balaban J connectivity index is 1.60. The number of nitrogens with zero attached hydrogens (tertiary/aromatic N) is 4. The van der Waals surface area contributed by atoms with E-state index in [2.05, 4.69) is 30.7 Å². The summed E-state index contributed by atoms with van der Waals surface area (Å²) in [5, 5.41) is 13.4. The molecule has 4 rings (SSSR count). The normalized spacial score (nSPS) is 11.4. The molecule has 7 heteroatoms. The zero-order valence-corrected chi connectivity index (χ0v) is 12.9. The highest BCUT2D eigenvalue weighted by molar-refractivity contribution is 6.03. The lowest BCUT2D eigenvalue weighted by atomic mass is 10.2. The number of ether oxygens (including phenoxy) is 1. The van der Waals surface area contributed by atoms with Crippen molar-refractivity contribution in [2.75, 3.05) is 12.5 Å². The Labute approximate surface area is 137 Å². The number of para-hydroxylation sites is 2. The molecule has 2 aromatic carbocycles. The van der Waals surface area contributed by atoms with Crippen LogP contribution in [0.4, 0.5) is 5.95 Å². The molecule has 0 unspecified atom stereocenters. The first-order chi connectivity index (χ1) is 11.8. The standard InChI is InChI=1S/C17H14N6O/c1-24-14-9-5-2-6-11(14)10-18-22-17-20-16-15(21-23-17)12-7-3-4-8-13(12)19-16/h2-10H,1H3,(H2,19,20,22,23)/b18-10-. The van der Waals surface area contributed by atoms with E-state index in [0.29, 0.717) is 11.6 Å². The molecular weight excluding hydrogens is 304 g/mol. The number of aromatic amines is 1. The second-order valence-electron chi connectivity index (χ2n) is 5.12. The number of nitrogens with one attached hydrogen (secondary N) is 2. The molecule has 0 aliphatic carbocycles. The van der Waals surface area contributed by atoms with Gasteiger partial charge in [-0.15, -0.1) is 10.2 Å². The van der Waals surface area contributed by atoms with Crippen molar-refractivity contribution in [2.45, 2.75) is 0 Å². The molecule has 0 fully saturated rings. The van der Waals surface area contributed by atoms with Gasteiger partial charge in [-0.25, -0.2) is 5.43 Å². The van der Waals surface area contributed by atoms with Crippen LogP contribution in [0, 0.1) is 0 Å². The van der Waals surface area contributed by atoms with E-state index in [0.717, 1.165) is 27.7 Å². The highest BCUT2D eigenvalue weighted by Gasteiger charge is 2.08. The predicted molar refractivity (Wildman–Crippen MR) is 93.4 cm³/mol. The molecule has 0 bridgehead atoms. The SMILES string of the molecule is COc1ccccc1/C=N\Nc1nnc2c(n1)[nH]c1ccccc12. The first-order valence-corrected chi connectivity index (χ1v) is 7.38. The van der Waals surface area contributed by atoms with Crippen LogP contribution in [0.1, 0.15) is 5.56 Å². The Morgan fingerprint density at radius 3 is 2.83 bits per heavy atom. The van der Waals surface area contributed by atoms with Crippen molar-refractivity contribution in [3.8, 4) is 5.75 Å². The van der Waals surface area contributed by atoms with Gasteiger partial charge in [0.2, 0.25) is 0 Å². The highest BCUT2D eigenvalue weighted by atomic mass is 16.5. The molecule has 0 spiro atoms. The average molecular weight is 318 g/mol. The van der Waals surface area contributed by atoms with Crippen LogP contribution in [0.2, 0.25) is 0 Å². The van der Waals surface area contributed by atoms with E-state index in [1.165, 1.54) is 0 Å². The molecule has 24 heavy (non-hydrogen) atoms. The molecule has 7 nitrogen and oxygen atoms in total. The number of hydrazone groups is 1. The van der Waals surface area contributed by atoms with Gasteiger partial charge in [0.1, 0.15) is 11.3 Å². The molecule has 2 aromatic heterocycles. The number of hydrogen-bond acceptors (Lipinski definition) is 6. The van der Waals surface area contributed by atoms with Gasteiger partial charge >= 0.3 is 0 Å². The number of benzene rings is 2. The minimum Gasteiger partial charge on any atom is -0.496 e. The smallest absolute Gasteiger partial charge is 0.265 e. The quantitative estimate of drug-likeness (QED) is 0.446. The maximum absolute atomic E-state index is 5.27. The molecule has 0 amide bonds. The van der Waals surface area contributed by atoms with E-state index in [9.17, 15) is 0 Å². The van der Waals surface area contributed by atoms with Gasteiger partial charge < -0.3 is 9.72 Å². The van der Waals surface area contributed by atoms with Gasteiger partial charge in [-0.1, -0.05) is 30.3 Å². The molecule has 0 aliphatic rings. The average Bonchev–Trinajstić information content (AvgIpc) is 3.00. The lowest BCUT2D eigenvalue weighted by molar-refractivity contribution is 0.414. The van der Waals surface area contributed by atoms with Gasteiger partial charge in [0.15, 0.2) is 5.65 Å². The first-order valence-electron chi connectivity index (χ1n) is 7.38. The number of methoxy groups -OCH3 is 1. The summed E-state index contributed by atoms with van der Waals surface area (Å²) in [7, 11) is 1.62. The maximum atomic E-state index is 5.27. The zero-order chi connectivity index (χ0) is 16.4. The van der Waals surface area contributed by atoms with Crippen molar-refractivity contribution < 1.29 is 4.74 Å². The van der Waals surface area contributed by atoms with E-state index in [4.69, 9.17) is 4.74 Å². The second-order valence-corrected chi connectivity index (χ2v) is 5.12. The number of hydrogen-bond donors (Lipinski definition) is 2. The zero-order valence-electron chi connectivity index (χ0n) is 12.9. The monoisotopic (exact) mass is 318 g/mol. The summed E-state index contributed by atoms with van der Waals surface area (Å²) in [6.07, 6.45) is 1.65. The molecule has 0 saturated heterocycles. The Morgan fingerprint density at radius 2 is 1.92 bits per heavy atom. The van der Waals surface area contributed by atoms with Crippen molar-refractivity contribution >= 4 is 34.2 Å². The van der Waals surface area contributed by atoms with Crippen LogP contribution in [-0.4, -0.2) is 33.5 Å². The lowest BCUT2D eigenvalue weighted by Crippen LogP contribution is -1.99. The molecule has 2 heterocycles. The third kappa shape index (κ3) is 2.52. The first kappa shape index (κ1) is 14.1. The molecular formula is C17H14N6O. The summed E-state index contributed by atoms with van der Waals surface area (Å²) in [4.78, 5) is 7.62. The van der Waals surface area contributed by atoms with Gasteiger partial charge in [-0.05, 0) is 18.2 Å². The Kier molecular flexibility index (Phi) is 3.51. The topological polar surface area (TPSA) is 88.1 Å². The van der Waals surface area contributed by atoms with Crippen LogP contribution in [-0.2, 0) is 0 Å².